The first-order valence-corrected chi connectivity index (χ1v) is 6.09. The molecule has 1 heterocycles. The molecule has 1 fully saturated rings. The van der Waals surface area contributed by atoms with Gasteiger partial charge in [0.05, 0.1) is 0 Å². The molecular formula is C14H10F4N2. The van der Waals surface area contributed by atoms with Crippen LogP contribution in [-0.2, 0) is 0 Å². The van der Waals surface area contributed by atoms with E-state index in [-0.39, 0.29) is 12.0 Å². The summed E-state index contributed by atoms with van der Waals surface area (Å²) in [5.41, 5.74) is 0.222. The highest BCUT2D eigenvalue weighted by molar-refractivity contribution is 5.49. The molecular weight excluding hydrogens is 272 g/mol. The largest absolute Gasteiger partial charge is 0.377 e. The van der Waals surface area contributed by atoms with Crippen LogP contribution >= 0.6 is 0 Å². The van der Waals surface area contributed by atoms with Crippen LogP contribution in [0, 0.1) is 23.5 Å². The first kappa shape index (κ1) is 12.9. The van der Waals surface area contributed by atoms with E-state index >= 15 is 0 Å². The SMILES string of the molecule is Fc1nc(F)c(F)c(NC2CC2c2ccccc2)c1F. The van der Waals surface area contributed by atoms with E-state index in [0.29, 0.717) is 6.42 Å². The molecule has 1 aromatic heterocycles. The van der Waals surface area contributed by atoms with Crippen LogP contribution in [0.3, 0.4) is 0 Å². The predicted octanol–water partition coefficient (Wildman–Crippen LogP) is 3.61. The second-order valence-electron chi connectivity index (χ2n) is 4.70. The highest BCUT2D eigenvalue weighted by Crippen LogP contribution is 2.43. The lowest BCUT2D eigenvalue weighted by molar-refractivity contribution is 0.410. The van der Waals surface area contributed by atoms with Gasteiger partial charge in [0.2, 0.25) is 11.6 Å². The van der Waals surface area contributed by atoms with Crippen molar-refractivity contribution in [3.8, 4) is 0 Å². The van der Waals surface area contributed by atoms with Crippen LogP contribution in [0.15, 0.2) is 30.3 Å². The van der Waals surface area contributed by atoms with Gasteiger partial charge in [-0.15, -0.1) is 0 Å². The fraction of sp³-hybridized carbons (Fsp3) is 0.214. The lowest BCUT2D eigenvalue weighted by Gasteiger charge is -2.09. The van der Waals surface area contributed by atoms with Crippen molar-refractivity contribution in [2.75, 3.05) is 5.32 Å². The van der Waals surface area contributed by atoms with E-state index in [1.807, 2.05) is 30.3 Å². The van der Waals surface area contributed by atoms with Gasteiger partial charge in [-0.05, 0) is 12.0 Å². The Morgan fingerprint density at radius 1 is 0.950 bits per heavy atom. The van der Waals surface area contributed by atoms with Crippen molar-refractivity contribution in [3.63, 3.8) is 0 Å². The van der Waals surface area contributed by atoms with Crippen molar-refractivity contribution >= 4 is 5.69 Å². The molecule has 1 aliphatic carbocycles. The maximum Gasteiger partial charge on any atom is 0.253 e. The lowest BCUT2D eigenvalue weighted by atomic mass is 10.1. The van der Waals surface area contributed by atoms with Crippen molar-refractivity contribution in [2.24, 2.45) is 0 Å². The van der Waals surface area contributed by atoms with Crippen LogP contribution < -0.4 is 5.32 Å². The fourth-order valence-electron chi connectivity index (χ4n) is 2.22. The van der Waals surface area contributed by atoms with Gasteiger partial charge in [-0.2, -0.15) is 22.5 Å². The molecule has 0 amide bonds. The first-order chi connectivity index (χ1) is 9.58. The molecule has 0 bridgehead atoms. The minimum absolute atomic E-state index is 0.0780. The Bertz CT molecular complexity index is 619. The summed E-state index contributed by atoms with van der Waals surface area (Å²) in [7, 11) is 0. The highest BCUT2D eigenvalue weighted by Gasteiger charge is 2.39. The van der Waals surface area contributed by atoms with Crippen LogP contribution in [0.1, 0.15) is 17.9 Å². The van der Waals surface area contributed by atoms with Crippen molar-refractivity contribution < 1.29 is 17.6 Å². The van der Waals surface area contributed by atoms with Gasteiger partial charge in [0.1, 0.15) is 5.69 Å². The predicted molar refractivity (Wildman–Crippen MR) is 65.3 cm³/mol. The Labute approximate surface area is 112 Å². The summed E-state index contributed by atoms with van der Waals surface area (Å²) < 4.78 is 52.9. The van der Waals surface area contributed by atoms with Crippen LogP contribution in [0.2, 0.25) is 0 Å². The molecule has 104 valence electrons. The average molecular weight is 282 g/mol. The second-order valence-corrected chi connectivity index (χ2v) is 4.70. The smallest absolute Gasteiger partial charge is 0.253 e. The minimum Gasteiger partial charge on any atom is -0.377 e. The van der Waals surface area contributed by atoms with E-state index in [4.69, 9.17) is 0 Å². The van der Waals surface area contributed by atoms with Gasteiger partial charge < -0.3 is 5.32 Å². The molecule has 2 atom stereocenters. The molecule has 2 aromatic rings. The topological polar surface area (TPSA) is 24.9 Å². The Kier molecular flexibility index (Phi) is 3.08. The van der Waals surface area contributed by atoms with Crippen LogP contribution in [0.5, 0.6) is 0 Å². The zero-order valence-electron chi connectivity index (χ0n) is 10.2. The molecule has 2 nitrogen and oxygen atoms in total. The number of aromatic nitrogens is 1. The summed E-state index contributed by atoms with van der Waals surface area (Å²) >= 11 is 0. The number of nitrogens with one attached hydrogen (secondary N) is 1. The van der Waals surface area contributed by atoms with Gasteiger partial charge in [-0.1, -0.05) is 30.3 Å². The van der Waals surface area contributed by atoms with Gasteiger partial charge in [0.15, 0.2) is 0 Å². The van der Waals surface area contributed by atoms with Crippen molar-refractivity contribution in [2.45, 2.75) is 18.4 Å². The van der Waals surface area contributed by atoms with Crippen LogP contribution in [0.25, 0.3) is 0 Å². The third-order valence-electron chi connectivity index (χ3n) is 3.35. The number of pyridine rings is 1. The monoisotopic (exact) mass is 282 g/mol. The fourth-order valence-corrected chi connectivity index (χ4v) is 2.22. The first-order valence-electron chi connectivity index (χ1n) is 6.09. The minimum atomic E-state index is -1.65. The standard InChI is InChI=1S/C14H10F4N2/c15-10-12(11(16)14(18)20-13(10)17)19-9-6-8(9)7-4-2-1-3-5-7/h1-5,8-9H,6H2,(H,19,20). The van der Waals surface area contributed by atoms with E-state index in [1.165, 1.54) is 0 Å². The number of anilines is 1. The van der Waals surface area contributed by atoms with E-state index in [0.717, 1.165) is 5.56 Å². The van der Waals surface area contributed by atoms with Gasteiger partial charge in [0.25, 0.3) is 11.9 Å². The van der Waals surface area contributed by atoms with Gasteiger partial charge >= 0.3 is 0 Å². The van der Waals surface area contributed by atoms with Gasteiger partial charge in [0, 0.05) is 12.0 Å². The number of hydrogen-bond acceptors (Lipinski definition) is 2. The van der Waals surface area contributed by atoms with E-state index in [9.17, 15) is 17.6 Å². The quantitative estimate of drug-likeness (QED) is 0.687. The third kappa shape index (κ3) is 2.21. The summed E-state index contributed by atoms with van der Waals surface area (Å²) in [5, 5.41) is 2.51. The zero-order chi connectivity index (χ0) is 14.3. The number of hydrogen-bond donors (Lipinski definition) is 1. The van der Waals surface area contributed by atoms with Crippen LogP contribution in [-0.4, -0.2) is 11.0 Å². The number of rotatable bonds is 3. The molecule has 0 saturated heterocycles. The average Bonchev–Trinajstić information content (AvgIpc) is 3.22. The number of halogens is 4. The molecule has 3 rings (SSSR count). The second kappa shape index (κ2) is 4.77. The molecule has 0 radical (unpaired) electrons. The zero-order valence-corrected chi connectivity index (χ0v) is 10.2. The molecule has 20 heavy (non-hydrogen) atoms. The van der Waals surface area contributed by atoms with Gasteiger partial charge in [-0.25, -0.2) is 0 Å². The number of benzene rings is 1. The van der Waals surface area contributed by atoms with E-state index in [2.05, 4.69) is 10.3 Å². The highest BCUT2D eigenvalue weighted by atomic mass is 19.2. The molecule has 0 aliphatic heterocycles. The molecule has 2 unspecified atom stereocenters. The maximum atomic E-state index is 13.5. The molecule has 1 aromatic carbocycles. The molecule has 0 spiro atoms. The molecule has 1 N–H and O–H groups in total. The summed E-state index contributed by atoms with van der Waals surface area (Å²) in [4.78, 5) is 2.51. The summed E-state index contributed by atoms with van der Waals surface area (Å²) in [6.07, 6.45) is 0.647. The Morgan fingerprint density at radius 2 is 1.55 bits per heavy atom. The van der Waals surface area contributed by atoms with E-state index in [1.54, 1.807) is 0 Å². The van der Waals surface area contributed by atoms with Crippen molar-refractivity contribution in [1.29, 1.82) is 0 Å². The normalized spacial score (nSPS) is 20.8. The lowest BCUT2D eigenvalue weighted by Crippen LogP contribution is -2.12. The maximum absolute atomic E-state index is 13.5. The molecule has 6 heteroatoms. The summed E-state index contributed by atoms with van der Waals surface area (Å²) in [6, 6.07) is 9.12. The Balaban J connectivity index is 1.81. The van der Waals surface area contributed by atoms with Crippen LogP contribution in [0.4, 0.5) is 23.2 Å². The molecule has 1 aliphatic rings. The third-order valence-corrected chi connectivity index (χ3v) is 3.35. The van der Waals surface area contributed by atoms with Crippen molar-refractivity contribution in [1.82, 2.24) is 4.98 Å². The Hall–Kier alpha value is -2.11. The van der Waals surface area contributed by atoms with Crippen molar-refractivity contribution in [3.05, 3.63) is 59.4 Å². The number of nitrogens with zero attached hydrogens (tertiary/aromatic N) is 1. The molecule has 1 saturated carbocycles. The summed E-state index contributed by atoms with van der Waals surface area (Å²) in [5.74, 6) is -6.22. The Morgan fingerprint density at radius 3 is 2.15 bits per heavy atom. The van der Waals surface area contributed by atoms with Gasteiger partial charge in [-0.3, -0.25) is 0 Å². The summed E-state index contributed by atoms with van der Waals surface area (Å²) in [6.45, 7) is 0. The van der Waals surface area contributed by atoms with E-state index < -0.39 is 29.2 Å².